The SMILES string of the molecule is CC1=CC(C)C=C(C)C([N+](=O)[O-])=C1. The van der Waals surface area contributed by atoms with Crippen molar-refractivity contribution in [1.29, 1.82) is 0 Å². The monoisotopic (exact) mass is 179 g/mol. The molecule has 0 fully saturated rings. The summed E-state index contributed by atoms with van der Waals surface area (Å²) in [4.78, 5) is 10.3. The van der Waals surface area contributed by atoms with Gasteiger partial charge in [-0.15, -0.1) is 0 Å². The van der Waals surface area contributed by atoms with E-state index >= 15 is 0 Å². The summed E-state index contributed by atoms with van der Waals surface area (Å²) in [6.45, 7) is 5.67. The highest BCUT2D eigenvalue weighted by atomic mass is 16.6. The summed E-state index contributed by atoms with van der Waals surface area (Å²) in [6.07, 6.45) is 5.54. The molecule has 1 rings (SSSR count). The zero-order chi connectivity index (χ0) is 10.0. The first-order chi connectivity index (χ1) is 6.00. The molecule has 1 aliphatic carbocycles. The van der Waals surface area contributed by atoms with Gasteiger partial charge in [-0.05, 0) is 25.3 Å². The maximum absolute atomic E-state index is 10.6. The minimum absolute atomic E-state index is 0.207. The molecule has 3 nitrogen and oxygen atoms in total. The average molecular weight is 179 g/mol. The Labute approximate surface area is 77.6 Å². The molecule has 3 heteroatoms. The standard InChI is InChI=1S/C10H13NO2/c1-7-4-8(2)6-10(11(12)13)9(3)5-7/h4-7H,1-3H3. The number of rotatable bonds is 1. The van der Waals surface area contributed by atoms with E-state index in [1.807, 2.05) is 26.0 Å². The summed E-state index contributed by atoms with van der Waals surface area (Å²) in [6, 6.07) is 0. The van der Waals surface area contributed by atoms with Crippen LogP contribution in [0.4, 0.5) is 0 Å². The molecule has 0 aromatic rings. The third kappa shape index (κ3) is 2.28. The number of nitro groups is 1. The van der Waals surface area contributed by atoms with Gasteiger partial charge < -0.3 is 0 Å². The minimum atomic E-state index is -0.332. The normalized spacial score (nSPS) is 22.7. The van der Waals surface area contributed by atoms with Crippen LogP contribution in [0.15, 0.2) is 35.1 Å². The molecule has 0 N–H and O–H groups in total. The van der Waals surface area contributed by atoms with Gasteiger partial charge >= 0.3 is 0 Å². The lowest BCUT2D eigenvalue weighted by molar-refractivity contribution is -0.420. The van der Waals surface area contributed by atoms with E-state index in [1.165, 1.54) is 0 Å². The molecule has 0 saturated heterocycles. The lowest BCUT2D eigenvalue weighted by atomic mass is 10.1. The van der Waals surface area contributed by atoms with Crippen molar-refractivity contribution in [3.8, 4) is 0 Å². The molecule has 13 heavy (non-hydrogen) atoms. The molecule has 0 saturated carbocycles. The topological polar surface area (TPSA) is 43.1 Å². The Morgan fingerprint density at radius 3 is 2.54 bits per heavy atom. The number of hydrogen-bond donors (Lipinski definition) is 0. The lowest BCUT2D eigenvalue weighted by Gasteiger charge is -1.98. The highest BCUT2D eigenvalue weighted by Crippen LogP contribution is 2.20. The van der Waals surface area contributed by atoms with E-state index in [-0.39, 0.29) is 16.5 Å². The quantitative estimate of drug-likeness (QED) is 0.458. The molecule has 0 spiro atoms. The molecule has 0 bridgehead atoms. The van der Waals surface area contributed by atoms with Crippen molar-refractivity contribution < 1.29 is 4.92 Å². The molecule has 0 heterocycles. The maximum Gasteiger partial charge on any atom is 0.272 e. The van der Waals surface area contributed by atoms with E-state index < -0.39 is 0 Å². The second-order valence-corrected chi connectivity index (χ2v) is 3.41. The van der Waals surface area contributed by atoms with Crippen LogP contribution < -0.4 is 0 Å². The molecule has 1 unspecified atom stereocenters. The van der Waals surface area contributed by atoms with Gasteiger partial charge in [-0.25, -0.2) is 0 Å². The fraction of sp³-hybridized carbons (Fsp3) is 0.400. The molecule has 0 radical (unpaired) electrons. The Bertz CT molecular complexity index is 324. The summed E-state index contributed by atoms with van der Waals surface area (Å²) in [5.41, 5.74) is 1.90. The molecular formula is C10H13NO2. The van der Waals surface area contributed by atoms with Crippen LogP contribution in [0.25, 0.3) is 0 Å². The van der Waals surface area contributed by atoms with E-state index in [0.717, 1.165) is 11.1 Å². The van der Waals surface area contributed by atoms with E-state index in [4.69, 9.17) is 0 Å². The Hall–Kier alpha value is -1.38. The maximum atomic E-state index is 10.6. The summed E-state index contributed by atoms with van der Waals surface area (Å²) in [5, 5.41) is 10.6. The van der Waals surface area contributed by atoms with Gasteiger partial charge in [0.25, 0.3) is 5.70 Å². The summed E-state index contributed by atoms with van der Waals surface area (Å²) in [7, 11) is 0. The van der Waals surface area contributed by atoms with Crippen molar-refractivity contribution in [2.75, 3.05) is 0 Å². The minimum Gasteiger partial charge on any atom is -0.258 e. The molecule has 1 atom stereocenters. The first-order valence-corrected chi connectivity index (χ1v) is 4.24. The fourth-order valence-electron chi connectivity index (χ4n) is 1.52. The number of allylic oxidation sites excluding steroid dienone is 5. The van der Waals surface area contributed by atoms with Crippen LogP contribution in [0.1, 0.15) is 20.8 Å². The van der Waals surface area contributed by atoms with Crippen LogP contribution in [0, 0.1) is 16.0 Å². The van der Waals surface area contributed by atoms with E-state index in [0.29, 0.717) is 0 Å². The van der Waals surface area contributed by atoms with Crippen molar-refractivity contribution in [2.45, 2.75) is 20.8 Å². The van der Waals surface area contributed by atoms with Crippen LogP contribution >= 0.6 is 0 Å². The second kappa shape index (κ2) is 3.56. The van der Waals surface area contributed by atoms with Gasteiger partial charge in [0.1, 0.15) is 0 Å². The summed E-state index contributed by atoms with van der Waals surface area (Å²) < 4.78 is 0. The van der Waals surface area contributed by atoms with Gasteiger partial charge in [0, 0.05) is 11.6 Å². The van der Waals surface area contributed by atoms with Crippen molar-refractivity contribution >= 4 is 0 Å². The molecule has 0 amide bonds. The molecule has 1 aliphatic rings. The third-order valence-electron chi connectivity index (χ3n) is 2.00. The molecule has 0 aliphatic heterocycles. The van der Waals surface area contributed by atoms with Crippen molar-refractivity contribution in [1.82, 2.24) is 0 Å². The number of hydrogen-bond acceptors (Lipinski definition) is 2. The van der Waals surface area contributed by atoms with Gasteiger partial charge in [0.2, 0.25) is 0 Å². The lowest BCUT2D eigenvalue weighted by Crippen LogP contribution is -2.00. The fourth-order valence-corrected chi connectivity index (χ4v) is 1.52. The Balaban J connectivity index is 3.14. The first kappa shape index (κ1) is 9.71. The zero-order valence-electron chi connectivity index (χ0n) is 8.07. The van der Waals surface area contributed by atoms with E-state index in [1.54, 1.807) is 13.0 Å². The summed E-state index contributed by atoms with van der Waals surface area (Å²) in [5.74, 6) is 0.272. The zero-order valence-corrected chi connectivity index (χ0v) is 8.07. The van der Waals surface area contributed by atoms with Crippen LogP contribution in [0.3, 0.4) is 0 Å². The van der Waals surface area contributed by atoms with Gasteiger partial charge in [-0.1, -0.05) is 19.1 Å². The predicted octanol–water partition coefficient (Wildman–Crippen LogP) is 2.69. The highest BCUT2D eigenvalue weighted by Gasteiger charge is 2.16. The van der Waals surface area contributed by atoms with E-state index in [9.17, 15) is 10.1 Å². The average Bonchev–Trinajstić information content (AvgIpc) is 2.09. The second-order valence-electron chi connectivity index (χ2n) is 3.41. The first-order valence-electron chi connectivity index (χ1n) is 4.24. The van der Waals surface area contributed by atoms with Crippen molar-refractivity contribution in [2.24, 2.45) is 5.92 Å². The molecular weight excluding hydrogens is 166 g/mol. The predicted molar refractivity (Wildman–Crippen MR) is 51.8 cm³/mol. The number of nitrogens with zero attached hydrogens (tertiary/aromatic N) is 1. The third-order valence-corrected chi connectivity index (χ3v) is 2.00. The van der Waals surface area contributed by atoms with Gasteiger partial charge in [-0.3, -0.25) is 10.1 Å². The van der Waals surface area contributed by atoms with Gasteiger partial charge in [-0.2, -0.15) is 0 Å². The molecule has 70 valence electrons. The Morgan fingerprint density at radius 2 is 2.00 bits per heavy atom. The van der Waals surface area contributed by atoms with Crippen LogP contribution in [0.2, 0.25) is 0 Å². The Morgan fingerprint density at radius 1 is 1.38 bits per heavy atom. The molecule has 0 aromatic heterocycles. The summed E-state index contributed by atoms with van der Waals surface area (Å²) >= 11 is 0. The van der Waals surface area contributed by atoms with Gasteiger partial charge in [0.05, 0.1) is 4.92 Å². The van der Waals surface area contributed by atoms with Crippen molar-refractivity contribution in [3.05, 3.63) is 45.2 Å². The smallest absolute Gasteiger partial charge is 0.258 e. The largest absolute Gasteiger partial charge is 0.272 e. The molecule has 0 aromatic carbocycles. The van der Waals surface area contributed by atoms with E-state index in [2.05, 4.69) is 0 Å². The van der Waals surface area contributed by atoms with Crippen LogP contribution in [-0.4, -0.2) is 4.92 Å². The van der Waals surface area contributed by atoms with Gasteiger partial charge in [0.15, 0.2) is 0 Å². The highest BCUT2D eigenvalue weighted by molar-refractivity contribution is 5.35. The Kier molecular flexibility index (Phi) is 2.66. The van der Waals surface area contributed by atoms with Crippen LogP contribution in [0.5, 0.6) is 0 Å². The van der Waals surface area contributed by atoms with Crippen molar-refractivity contribution in [3.63, 3.8) is 0 Å². The van der Waals surface area contributed by atoms with Crippen LogP contribution in [-0.2, 0) is 0 Å².